The van der Waals surface area contributed by atoms with E-state index in [0.29, 0.717) is 23.6 Å². The molecule has 5 rings (SSSR count). The second-order valence-electron chi connectivity index (χ2n) is 9.03. The molecule has 0 spiro atoms. The van der Waals surface area contributed by atoms with Crippen molar-refractivity contribution in [2.45, 2.75) is 32.4 Å². The van der Waals surface area contributed by atoms with Crippen LogP contribution in [0.5, 0.6) is 0 Å². The van der Waals surface area contributed by atoms with Crippen molar-refractivity contribution in [1.29, 1.82) is 0 Å². The maximum Gasteiger partial charge on any atom is 0.344 e. The second-order valence-corrected chi connectivity index (χ2v) is 9.03. The number of nitrogens with one attached hydrogen (secondary N) is 1. The third-order valence-electron chi connectivity index (χ3n) is 6.80. The lowest BCUT2D eigenvalue weighted by Crippen LogP contribution is -2.35. The highest BCUT2D eigenvalue weighted by molar-refractivity contribution is 5.92. The minimum absolute atomic E-state index is 0.127. The summed E-state index contributed by atoms with van der Waals surface area (Å²) < 4.78 is 1.30. The van der Waals surface area contributed by atoms with Crippen LogP contribution >= 0.6 is 0 Å². The van der Waals surface area contributed by atoms with Crippen molar-refractivity contribution in [1.82, 2.24) is 20.0 Å². The van der Waals surface area contributed by atoms with Gasteiger partial charge in [0.25, 0.3) is 0 Å². The summed E-state index contributed by atoms with van der Waals surface area (Å²) in [5.41, 5.74) is 4.11. The van der Waals surface area contributed by atoms with Crippen LogP contribution in [0.15, 0.2) is 66.9 Å². The van der Waals surface area contributed by atoms with Crippen molar-refractivity contribution in [3.63, 3.8) is 0 Å². The Bertz CT molecular complexity index is 1110. The van der Waals surface area contributed by atoms with Crippen molar-refractivity contribution in [3.05, 3.63) is 78.1 Å². The van der Waals surface area contributed by atoms with Gasteiger partial charge in [0.15, 0.2) is 5.78 Å². The summed E-state index contributed by atoms with van der Waals surface area (Å²) in [6, 6.07) is 21.1. The van der Waals surface area contributed by atoms with Crippen LogP contribution in [0.2, 0.25) is 0 Å². The van der Waals surface area contributed by atoms with E-state index in [0.717, 1.165) is 32.5 Å². The van der Waals surface area contributed by atoms with Gasteiger partial charge < -0.3 is 10.2 Å². The van der Waals surface area contributed by atoms with E-state index in [1.165, 1.54) is 28.3 Å². The average Bonchev–Trinajstić information content (AvgIpc) is 3.53. The van der Waals surface area contributed by atoms with Crippen LogP contribution in [0.3, 0.4) is 0 Å². The zero-order chi connectivity index (χ0) is 22.1. The van der Waals surface area contributed by atoms with Gasteiger partial charge in [0.1, 0.15) is 5.69 Å². The highest BCUT2D eigenvalue weighted by Crippen LogP contribution is 2.38. The standard InChI is InChI=1S/C26H28N4O2/c1-18(31)25-10-11-30(28-25)26(32)29-16-22-13-24(14-23(22)17-29)27-15-19-6-5-9-21(12-19)20-7-3-2-4-8-20/h2-12,22-24,27H,13-17H2,1H3/t22-,23+,24?. The van der Waals surface area contributed by atoms with Gasteiger partial charge in [0.2, 0.25) is 0 Å². The number of nitrogens with zero attached hydrogens (tertiary/aromatic N) is 3. The number of likely N-dealkylation sites (tertiary alicyclic amines) is 1. The molecule has 1 aliphatic carbocycles. The highest BCUT2D eigenvalue weighted by Gasteiger charge is 2.42. The zero-order valence-corrected chi connectivity index (χ0v) is 18.3. The Kier molecular flexibility index (Phi) is 5.62. The smallest absolute Gasteiger partial charge is 0.322 e. The highest BCUT2D eigenvalue weighted by atomic mass is 16.2. The van der Waals surface area contributed by atoms with E-state index in [2.05, 4.69) is 58.9 Å². The Balaban J connectivity index is 1.14. The molecule has 1 aliphatic heterocycles. The minimum atomic E-state index is -0.130. The molecule has 1 saturated carbocycles. The number of carbonyl (C=O) groups is 2. The van der Waals surface area contributed by atoms with Gasteiger partial charge in [-0.05, 0) is 53.5 Å². The first kappa shape index (κ1) is 20.6. The maximum absolute atomic E-state index is 12.8. The molecular weight excluding hydrogens is 400 g/mol. The molecule has 1 N–H and O–H groups in total. The molecule has 1 unspecified atom stereocenters. The van der Waals surface area contributed by atoms with E-state index in [1.54, 1.807) is 12.3 Å². The number of rotatable bonds is 5. The summed E-state index contributed by atoms with van der Waals surface area (Å²) in [4.78, 5) is 26.1. The quantitative estimate of drug-likeness (QED) is 0.618. The lowest BCUT2D eigenvalue weighted by Gasteiger charge is -2.19. The first-order valence-corrected chi connectivity index (χ1v) is 11.3. The van der Waals surface area contributed by atoms with Crippen LogP contribution in [0.4, 0.5) is 4.79 Å². The number of fused-ring (bicyclic) bond motifs is 1. The molecule has 32 heavy (non-hydrogen) atoms. The van der Waals surface area contributed by atoms with Crippen molar-refractivity contribution in [3.8, 4) is 11.1 Å². The lowest BCUT2D eigenvalue weighted by atomic mass is 10.0. The fourth-order valence-electron chi connectivity index (χ4n) is 5.14. The molecule has 164 valence electrons. The lowest BCUT2D eigenvalue weighted by molar-refractivity contribution is 0.101. The van der Waals surface area contributed by atoms with Crippen molar-refractivity contribution in [2.75, 3.05) is 13.1 Å². The molecular formula is C26H28N4O2. The Morgan fingerprint density at radius 3 is 2.38 bits per heavy atom. The molecule has 3 atom stereocenters. The van der Waals surface area contributed by atoms with Crippen LogP contribution < -0.4 is 5.32 Å². The molecule has 6 heteroatoms. The Hall–Kier alpha value is -3.25. The molecule has 0 bridgehead atoms. The van der Waals surface area contributed by atoms with Crippen molar-refractivity contribution < 1.29 is 9.59 Å². The predicted octanol–water partition coefficient (Wildman–Crippen LogP) is 4.22. The van der Waals surface area contributed by atoms with Gasteiger partial charge in [0, 0.05) is 38.8 Å². The maximum atomic E-state index is 12.8. The summed E-state index contributed by atoms with van der Waals surface area (Å²) in [6.45, 7) is 3.85. The van der Waals surface area contributed by atoms with Gasteiger partial charge in [-0.2, -0.15) is 9.78 Å². The molecule has 3 aromatic rings. The monoisotopic (exact) mass is 428 g/mol. The fraction of sp³-hybridized carbons (Fsp3) is 0.346. The van der Waals surface area contributed by atoms with E-state index in [-0.39, 0.29) is 11.8 Å². The molecule has 1 amide bonds. The number of amides is 1. The van der Waals surface area contributed by atoms with E-state index >= 15 is 0 Å². The van der Waals surface area contributed by atoms with Crippen LogP contribution in [-0.2, 0) is 6.54 Å². The third-order valence-corrected chi connectivity index (χ3v) is 6.80. The zero-order valence-electron chi connectivity index (χ0n) is 18.3. The normalized spacial score (nSPS) is 22.2. The number of ketones is 1. The molecule has 1 aromatic heterocycles. The molecule has 2 heterocycles. The number of hydrogen-bond acceptors (Lipinski definition) is 4. The molecule has 1 saturated heterocycles. The van der Waals surface area contributed by atoms with Crippen LogP contribution in [-0.4, -0.2) is 45.6 Å². The van der Waals surface area contributed by atoms with Gasteiger partial charge in [-0.15, -0.1) is 0 Å². The molecule has 2 aliphatic rings. The SMILES string of the molecule is CC(=O)c1ccn(C(=O)N2C[C@H]3CC(NCc4cccc(-c5ccccc5)c4)C[C@H]3C2)n1. The first-order chi connectivity index (χ1) is 15.6. The van der Waals surface area contributed by atoms with Gasteiger partial charge in [-0.25, -0.2) is 4.79 Å². The van der Waals surface area contributed by atoms with E-state index in [1.807, 2.05) is 11.0 Å². The topological polar surface area (TPSA) is 67.2 Å². The molecule has 2 aromatic carbocycles. The molecule has 0 radical (unpaired) electrons. The van der Waals surface area contributed by atoms with Crippen LogP contribution in [0.1, 0.15) is 35.8 Å². The fourth-order valence-corrected chi connectivity index (χ4v) is 5.14. The summed E-state index contributed by atoms with van der Waals surface area (Å²) in [5, 5.41) is 7.86. The first-order valence-electron chi connectivity index (χ1n) is 11.3. The number of hydrogen-bond donors (Lipinski definition) is 1. The van der Waals surface area contributed by atoms with Gasteiger partial charge in [-0.3, -0.25) is 4.79 Å². The van der Waals surface area contributed by atoms with Gasteiger partial charge in [0.05, 0.1) is 0 Å². The largest absolute Gasteiger partial charge is 0.344 e. The Labute approximate surface area is 188 Å². The number of Topliss-reactive ketones (excluding diaryl/α,β-unsaturated/α-hetero) is 1. The van der Waals surface area contributed by atoms with E-state index in [4.69, 9.17) is 0 Å². The van der Waals surface area contributed by atoms with Crippen LogP contribution in [0, 0.1) is 11.8 Å². The molecule has 2 fully saturated rings. The predicted molar refractivity (Wildman–Crippen MR) is 123 cm³/mol. The Morgan fingerprint density at radius 2 is 1.69 bits per heavy atom. The molecule has 6 nitrogen and oxygen atoms in total. The second kappa shape index (κ2) is 8.71. The summed E-state index contributed by atoms with van der Waals surface area (Å²) >= 11 is 0. The van der Waals surface area contributed by atoms with Gasteiger partial charge >= 0.3 is 6.03 Å². The number of carbonyl (C=O) groups excluding carboxylic acids is 2. The number of benzene rings is 2. The third kappa shape index (κ3) is 4.23. The minimum Gasteiger partial charge on any atom is -0.322 e. The summed E-state index contributed by atoms with van der Waals surface area (Å²) in [7, 11) is 0. The summed E-state index contributed by atoms with van der Waals surface area (Å²) in [6.07, 6.45) is 3.76. The van der Waals surface area contributed by atoms with Gasteiger partial charge in [-0.1, -0.05) is 48.5 Å². The van der Waals surface area contributed by atoms with E-state index < -0.39 is 0 Å². The average molecular weight is 429 g/mol. The van der Waals surface area contributed by atoms with Crippen LogP contribution in [0.25, 0.3) is 11.1 Å². The van der Waals surface area contributed by atoms with Crippen molar-refractivity contribution in [2.24, 2.45) is 11.8 Å². The van der Waals surface area contributed by atoms with Crippen molar-refractivity contribution >= 4 is 11.8 Å². The Morgan fingerprint density at radius 1 is 0.969 bits per heavy atom. The number of aromatic nitrogens is 2. The summed E-state index contributed by atoms with van der Waals surface area (Å²) in [5.74, 6) is 0.919. The van der Waals surface area contributed by atoms with E-state index in [9.17, 15) is 9.59 Å².